The van der Waals surface area contributed by atoms with Crippen LogP contribution in [0.3, 0.4) is 0 Å². The standard InChI is InChI=1S/C11H14O3/c1-13-11-10-5-3-2-4-8(10)6-9(7-12)14-11/h2-5,9,11-12H,6-7H2,1H3/t9-,11+/m0/s1. The van der Waals surface area contributed by atoms with Crippen LogP contribution in [-0.4, -0.2) is 24.9 Å². The van der Waals surface area contributed by atoms with Crippen molar-refractivity contribution in [3.63, 3.8) is 0 Å². The zero-order chi connectivity index (χ0) is 9.97. The van der Waals surface area contributed by atoms with Gasteiger partial charge in [0.1, 0.15) is 0 Å². The maximum Gasteiger partial charge on any atom is 0.184 e. The molecule has 0 aromatic heterocycles. The smallest absolute Gasteiger partial charge is 0.184 e. The lowest BCUT2D eigenvalue weighted by molar-refractivity contribution is -0.176. The Bertz CT molecular complexity index is 311. The topological polar surface area (TPSA) is 38.7 Å². The van der Waals surface area contributed by atoms with Gasteiger partial charge in [0.05, 0.1) is 12.7 Å². The van der Waals surface area contributed by atoms with Gasteiger partial charge in [-0.05, 0) is 5.56 Å². The molecular weight excluding hydrogens is 180 g/mol. The molecule has 0 aliphatic carbocycles. The van der Waals surface area contributed by atoms with E-state index in [1.54, 1.807) is 7.11 Å². The summed E-state index contributed by atoms with van der Waals surface area (Å²) in [5.74, 6) is 0. The summed E-state index contributed by atoms with van der Waals surface area (Å²) in [6.07, 6.45) is 0.277. The summed E-state index contributed by atoms with van der Waals surface area (Å²) >= 11 is 0. The first-order valence-corrected chi connectivity index (χ1v) is 4.72. The highest BCUT2D eigenvalue weighted by molar-refractivity contribution is 5.30. The molecule has 76 valence electrons. The van der Waals surface area contributed by atoms with Crippen LogP contribution >= 0.6 is 0 Å². The molecule has 0 amide bonds. The number of fused-ring (bicyclic) bond motifs is 1. The van der Waals surface area contributed by atoms with E-state index in [1.807, 2.05) is 24.3 Å². The number of aliphatic hydroxyl groups is 1. The minimum absolute atomic E-state index is 0.0359. The fraction of sp³-hybridized carbons (Fsp3) is 0.455. The molecule has 0 bridgehead atoms. The molecule has 1 aliphatic heterocycles. The molecular formula is C11H14O3. The molecule has 1 aliphatic rings. The summed E-state index contributed by atoms with van der Waals surface area (Å²) in [5.41, 5.74) is 2.27. The van der Waals surface area contributed by atoms with Gasteiger partial charge in [-0.1, -0.05) is 24.3 Å². The van der Waals surface area contributed by atoms with E-state index in [0.29, 0.717) is 0 Å². The largest absolute Gasteiger partial charge is 0.394 e. The van der Waals surface area contributed by atoms with Gasteiger partial charge in [-0.2, -0.15) is 0 Å². The lowest BCUT2D eigenvalue weighted by Crippen LogP contribution is -2.29. The summed E-state index contributed by atoms with van der Waals surface area (Å²) in [5, 5.41) is 9.05. The van der Waals surface area contributed by atoms with E-state index in [-0.39, 0.29) is 19.0 Å². The molecule has 0 unspecified atom stereocenters. The number of ether oxygens (including phenoxy) is 2. The van der Waals surface area contributed by atoms with E-state index in [4.69, 9.17) is 14.6 Å². The predicted octanol–water partition coefficient (Wildman–Crippen LogP) is 1.27. The Kier molecular flexibility index (Phi) is 2.82. The van der Waals surface area contributed by atoms with Gasteiger partial charge in [0.15, 0.2) is 6.29 Å². The van der Waals surface area contributed by atoms with Gasteiger partial charge < -0.3 is 14.6 Å². The van der Waals surface area contributed by atoms with Crippen LogP contribution in [0.2, 0.25) is 0 Å². The van der Waals surface area contributed by atoms with Crippen molar-refractivity contribution in [2.24, 2.45) is 0 Å². The molecule has 3 nitrogen and oxygen atoms in total. The van der Waals surface area contributed by atoms with Gasteiger partial charge in [0.25, 0.3) is 0 Å². The second-order valence-corrected chi connectivity index (χ2v) is 3.41. The molecule has 0 saturated carbocycles. The average Bonchev–Trinajstić information content (AvgIpc) is 2.27. The van der Waals surface area contributed by atoms with Crippen molar-refractivity contribution in [3.8, 4) is 0 Å². The van der Waals surface area contributed by atoms with Crippen molar-refractivity contribution in [3.05, 3.63) is 35.4 Å². The van der Waals surface area contributed by atoms with Crippen molar-refractivity contribution in [1.82, 2.24) is 0 Å². The first-order chi connectivity index (χ1) is 6.85. The SMILES string of the molecule is CO[C@@H]1O[C@H](CO)Cc2ccccc21. The fourth-order valence-electron chi connectivity index (χ4n) is 1.78. The van der Waals surface area contributed by atoms with E-state index < -0.39 is 0 Å². The number of aliphatic hydroxyl groups excluding tert-OH is 1. The summed E-state index contributed by atoms with van der Waals surface area (Å²) in [6.45, 7) is 0.0359. The third kappa shape index (κ3) is 1.66. The molecule has 0 spiro atoms. The number of hydrogen-bond acceptors (Lipinski definition) is 3. The Hall–Kier alpha value is -0.900. The van der Waals surface area contributed by atoms with Gasteiger partial charge in [0.2, 0.25) is 0 Å². The lowest BCUT2D eigenvalue weighted by Gasteiger charge is -2.30. The van der Waals surface area contributed by atoms with E-state index in [9.17, 15) is 0 Å². The first-order valence-electron chi connectivity index (χ1n) is 4.72. The second kappa shape index (κ2) is 4.09. The van der Waals surface area contributed by atoms with Crippen LogP contribution in [0.15, 0.2) is 24.3 Å². The zero-order valence-corrected chi connectivity index (χ0v) is 8.14. The molecule has 3 heteroatoms. The van der Waals surface area contributed by atoms with Crippen LogP contribution in [0.4, 0.5) is 0 Å². The van der Waals surface area contributed by atoms with E-state index in [0.717, 1.165) is 12.0 Å². The van der Waals surface area contributed by atoms with Crippen LogP contribution in [0, 0.1) is 0 Å². The third-order valence-corrected chi connectivity index (χ3v) is 2.49. The van der Waals surface area contributed by atoms with E-state index in [2.05, 4.69) is 0 Å². The van der Waals surface area contributed by atoms with Crippen molar-refractivity contribution < 1.29 is 14.6 Å². The maximum atomic E-state index is 9.05. The minimum atomic E-state index is -0.336. The zero-order valence-electron chi connectivity index (χ0n) is 8.14. The van der Waals surface area contributed by atoms with Crippen molar-refractivity contribution in [2.45, 2.75) is 18.8 Å². The third-order valence-electron chi connectivity index (χ3n) is 2.49. The van der Waals surface area contributed by atoms with Gasteiger partial charge >= 0.3 is 0 Å². The van der Waals surface area contributed by atoms with Crippen LogP contribution in [-0.2, 0) is 15.9 Å². The Morgan fingerprint density at radius 3 is 3.00 bits per heavy atom. The van der Waals surface area contributed by atoms with Gasteiger partial charge in [-0.3, -0.25) is 0 Å². The molecule has 0 fully saturated rings. The molecule has 2 rings (SSSR count). The number of benzene rings is 1. The van der Waals surface area contributed by atoms with Crippen LogP contribution in [0.25, 0.3) is 0 Å². The Balaban J connectivity index is 2.31. The number of rotatable bonds is 2. The summed E-state index contributed by atoms with van der Waals surface area (Å²) < 4.78 is 10.8. The van der Waals surface area contributed by atoms with Gasteiger partial charge in [0, 0.05) is 19.1 Å². The van der Waals surface area contributed by atoms with Gasteiger partial charge in [-0.25, -0.2) is 0 Å². The Labute approximate surface area is 83.3 Å². The van der Waals surface area contributed by atoms with Crippen molar-refractivity contribution >= 4 is 0 Å². The normalized spacial score (nSPS) is 25.9. The van der Waals surface area contributed by atoms with Gasteiger partial charge in [-0.15, -0.1) is 0 Å². The van der Waals surface area contributed by atoms with Crippen molar-refractivity contribution in [1.29, 1.82) is 0 Å². The first kappa shape index (κ1) is 9.65. The van der Waals surface area contributed by atoms with E-state index >= 15 is 0 Å². The highest BCUT2D eigenvalue weighted by Crippen LogP contribution is 2.30. The quantitative estimate of drug-likeness (QED) is 0.770. The molecule has 0 saturated heterocycles. The van der Waals surface area contributed by atoms with Crippen LogP contribution < -0.4 is 0 Å². The molecule has 1 heterocycles. The average molecular weight is 194 g/mol. The Morgan fingerprint density at radius 2 is 2.29 bits per heavy atom. The summed E-state index contributed by atoms with van der Waals surface area (Å²) in [6, 6.07) is 8.00. The monoisotopic (exact) mass is 194 g/mol. The van der Waals surface area contributed by atoms with Crippen LogP contribution in [0.5, 0.6) is 0 Å². The molecule has 14 heavy (non-hydrogen) atoms. The molecule has 0 radical (unpaired) electrons. The molecule has 2 atom stereocenters. The lowest BCUT2D eigenvalue weighted by atomic mass is 9.98. The molecule has 1 N–H and O–H groups in total. The maximum absolute atomic E-state index is 9.05. The van der Waals surface area contributed by atoms with Crippen LogP contribution in [0.1, 0.15) is 17.4 Å². The fourth-order valence-corrected chi connectivity index (χ4v) is 1.78. The summed E-state index contributed by atoms with van der Waals surface area (Å²) in [4.78, 5) is 0. The second-order valence-electron chi connectivity index (χ2n) is 3.41. The minimum Gasteiger partial charge on any atom is -0.394 e. The molecule has 1 aromatic rings. The number of methoxy groups -OCH3 is 1. The molecule has 1 aromatic carbocycles. The predicted molar refractivity (Wildman–Crippen MR) is 51.9 cm³/mol. The summed E-state index contributed by atoms with van der Waals surface area (Å²) in [7, 11) is 1.61. The highest BCUT2D eigenvalue weighted by atomic mass is 16.7. The number of hydrogen-bond donors (Lipinski definition) is 1. The highest BCUT2D eigenvalue weighted by Gasteiger charge is 2.26. The Morgan fingerprint density at radius 1 is 1.50 bits per heavy atom. The van der Waals surface area contributed by atoms with Crippen molar-refractivity contribution in [2.75, 3.05) is 13.7 Å². The van der Waals surface area contributed by atoms with E-state index in [1.165, 1.54) is 5.56 Å².